The summed E-state index contributed by atoms with van der Waals surface area (Å²) < 4.78 is 0.684. The quantitative estimate of drug-likeness (QED) is 0.856. The molecule has 2 aliphatic carbocycles. The summed E-state index contributed by atoms with van der Waals surface area (Å²) in [6.45, 7) is 6.90. The molecule has 1 aromatic rings. The number of carbonyl (C=O) groups is 1. The first-order valence-corrected chi connectivity index (χ1v) is 8.19. The average Bonchev–Trinajstić information content (AvgIpc) is 2.87. The van der Waals surface area contributed by atoms with E-state index < -0.39 is 5.97 Å². The number of aromatic carboxylic acids is 1. The second kappa shape index (κ2) is 4.70. The molecule has 0 aliphatic heterocycles. The van der Waals surface area contributed by atoms with E-state index in [2.05, 4.69) is 47.0 Å². The van der Waals surface area contributed by atoms with Crippen LogP contribution in [-0.4, -0.2) is 22.1 Å². The summed E-state index contributed by atoms with van der Waals surface area (Å²) in [5.74, 6) is 0.249. The summed E-state index contributed by atoms with van der Waals surface area (Å²) in [7, 11) is 0. The molecule has 0 spiro atoms. The Kier molecular flexibility index (Phi) is 3.32. The fourth-order valence-corrected chi connectivity index (χ4v) is 4.85. The lowest BCUT2D eigenvalue weighted by molar-refractivity contribution is 0.0696. The van der Waals surface area contributed by atoms with Gasteiger partial charge in [-0.15, -0.1) is 0 Å². The van der Waals surface area contributed by atoms with Gasteiger partial charge in [0.15, 0.2) is 0 Å². The second-order valence-electron chi connectivity index (χ2n) is 7.35. The van der Waals surface area contributed by atoms with Crippen molar-refractivity contribution in [2.24, 2.45) is 16.7 Å². The van der Waals surface area contributed by atoms with Crippen molar-refractivity contribution in [2.75, 3.05) is 5.32 Å². The number of hydrogen-bond acceptors (Lipinski definition) is 3. The Balaban J connectivity index is 1.96. The predicted octanol–water partition coefficient (Wildman–Crippen LogP) is 4.17. The van der Waals surface area contributed by atoms with Crippen LogP contribution in [0.4, 0.5) is 5.82 Å². The Bertz CT molecular complexity index is 597. The number of aromatic nitrogens is 1. The SMILES string of the molecule is CC12CCC(C1)C(C)(C)C2Nc1ncc(Br)cc1C(=O)O. The van der Waals surface area contributed by atoms with Gasteiger partial charge in [-0.3, -0.25) is 0 Å². The van der Waals surface area contributed by atoms with Crippen LogP contribution in [0.25, 0.3) is 0 Å². The first-order chi connectivity index (χ1) is 9.74. The molecular weight excluding hydrogens is 332 g/mol. The van der Waals surface area contributed by atoms with Gasteiger partial charge in [-0.25, -0.2) is 9.78 Å². The molecule has 114 valence electrons. The first-order valence-electron chi connectivity index (χ1n) is 7.39. The number of nitrogens with one attached hydrogen (secondary N) is 1. The third-order valence-corrected chi connectivity index (χ3v) is 6.07. The third-order valence-electron chi connectivity index (χ3n) is 5.64. The maximum absolute atomic E-state index is 11.4. The zero-order chi connectivity index (χ0) is 15.4. The van der Waals surface area contributed by atoms with Crippen molar-refractivity contribution in [3.8, 4) is 0 Å². The van der Waals surface area contributed by atoms with Crippen molar-refractivity contribution in [1.29, 1.82) is 0 Å². The zero-order valence-electron chi connectivity index (χ0n) is 12.6. The van der Waals surface area contributed by atoms with Gasteiger partial charge in [-0.1, -0.05) is 20.8 Å². The highest BCUT2D eigenvalue weighted by Crippen LogP contribution is 2.63. The van der Waals surface area contributed by atoms with Crippen molar-refractivity contribution in [3.63, 3.8) is 0 Å². The van der Waals surface area contributed by atoms with Gasteiger partial charge in [0.2, 0.25) is 0 Å². The fraction of sp³-hybridized carbons (Fsp3) is 0.625. The van der Waals surface area contributed by atoms with Crippen LogP contribution in [0.2, 0.25) is 0 Å². The van der Waals surface area contributed by atoms with E-state index in [-0.39, 0.29) is 22.4 Å². The van der Waals surface area contributed by atoms with Gasteiger partial charge >= 0.3 is 5.97 Å². The molecule has 0 amide bonds. The van der Waals surface area contributed by atoms with Crippen LogP contribution in [0.5, 0.6) is 0 Å². The van der Waals surface area contributed by atoms with Crippen LogP contribution in [0.1, 0.15) is 50.4 Å². The lowest BCUT2D eigenvalue weighted by Gasteiger charge is -2.43. The van der Waals surface area contributed by atoms with Gasteiger partial charge in [0.1, 0.15) is 11.4 Å². The Labute approximate surface area is 133 Å². The van der Waals surface area contributed by atoms with E-state index in [1.54, 1.807) is 12.3 Å². The highest BCUT2D eigenvalue weighted by molar-refractivity contribution is 9.10. The molecular formula is C16H21BrN2O2. The largest absolute Gasteiger partial charge is 0.478 e. The third kappa shape index (κ3) is 2.26. The van der Waals surface area contributed by atoms with Crippen LogP contribution in [0.15, 0.2) is 16.7 Å². The normalized spacial score (nSPS) is 33.1. The van der Waals surface area contributed by atoms with Crippen molar-refractivity contribution in [2.45, 2.75) is 46.1 Å². The van der Waals surface area contributed by atoms with E-state index in [1.807, 2.05) is 0 Å². The molecule has 0 radical (unpaired) electrons. The molecule has 0 aromatic carbocycles. The van der Waals surface area contributed by atoms with Crippen molar-refractivity contribution in [1.82, 2.24) is 4.98 Å². The standard InChI is InChI=1S/C16H21BrN2O2/c1-15(2)9-4-5-16(3,7-9)14(15)19-12-11(13(20)21)6-10(17)8-18-12/h6,8-9,14H,4-5,7H2,1-3H3,(H,18,19)(H,20,21). The van der Waals surface area contributed by atoms with Crippen LogP contribution in [-0.2, 0) is 0 Å². The molecule has 2 N–H and O–H groups in total. The lowest BCUT2D eigenvalue weighted by Crippen LogP contribution is -2.46. The van der Waals surface area contributed by atoms with Crippen molar-refractivity contribution in [3.05, 3.63) is 22.3 Å². The summed E-state index contributed by atoms with van der Waals surface area (Å²) in [5.41, 5.74) is 0.627. The molecule has 5 heteroatoms. The van der Waals surface area contributed by atoms with Crippen LogP contribution in [0, 0.1) is 16.7 Å². The number of hydrogen-bond donors (Lipinski definition) is 2. The molecule has 3 unspecified atom stereocenters. The van der Waals surface area contributed by atoms with Crippen molar-refractivity contribution < 1.29 is 9.90 Å². The number of carboxylic acid groups (broad SMARTS) is 1. The van der Waals surface area contributed by atoms with E-state index >= 15 is 0 Å². The van der Waals surface area contributed by atoms with E-state index in [0.29, 0.717) is 16.2 Å². The molecule has 2 saturated carbocycles. The zero-order valence-corrected chi connectivity index (χ0v) is 14.2. The fourth-order valence-electron chi connectivity index (χ4n) is 4.52. The predicted molar refractivity (Wildman–Crippen MR) is 85.5 cm³/mol. The Morgan fingerprint density at radius 1 is 1.48 bits per heavy atom. The van der Waals surface area contributed by atoms with Crippen molar-refractivity contribution >= 4 is 27.7 Å². The molecule has 4 nitrogen and oxygen atoms in total. The summed E-state index contributed by atoms with van der Waals surface area (Å²) >= 11 is 3.29. The number of fused-ring (bicyclic) bond motifs is 2. The van der Waals surface area contributed by atoms with Gasteiger partial charge < -0.3 is 10.4 Å². The number of halogens is 1. The number of nitrogens with zero attached hydrogens (tertiary/aromatic N) is 1. The van der Waals surface area contributed by atoms with E-state index in [9.17, 15) is 9.90 Å². The highest BCUT2D eigenvalue weighted by atomic mass is 79.9. The van der Waals surface area contributed by atoms with Gasteiger partial charge in [0, 0.05) is 16.7 Å². The van der Waals surface area contributed by atoms with Crippen LogP contribution < -0.4 is 5.32 Å². The highest BCUT2D eigenvalue weighted by Gasteiger charge is 2.59. The molecule has 21 heavy (non-hydrogen) atoms. The molecule has 2 bridgehead atoms. The van der Waals surface area contributed by atoms with E-state index in [4.69, 9.17) is 0 Å². The number of rotatable bonds is 3. The van der Waals surface area contributed by atoms with Gasteiger partial charge in [-0.05, 0) is 58.0 Å². The summed E-state index contributed by atoms with van der Waals surface area (Å²) in [6.07, 6.45) is 5.35. The minimum absolute atomic E-state index is 0.164. The van der Waals surface area contributed by atoms with Gasteiger partial charge in [0.05, 0.1) is 0 Å². The summed E-state index contributed by atoms with van der Waals surface area (Å²) in [5, 5.41) is 12.9. The molecule has 3 atom stereocenters. The second-order valence-corrected chi connectivity index (χ2v) is 8.26. The molecule has 0 saturated heterocycles. The van der Waals surface area contributed by atoms with E-state index in [1.165, 1.54) is 19.3 Å². The van der Waals surface area contributed by atoms with Crippen LogP contribution >= 0.6 is 15.9 Å². The molecule has 3 rings (SSSR count). The number of pyridine rings is 1. The number of anilines is 1. The maximum Gasteiger partial charge on any atom is 0.339 e. The van der Waals surface area contributed by atoms with Gasteiger partial charge in [-0.2, -0.15) is 0 Å². The average molecular weight is 353 g/mol. The summed E-state index contributed by atoms with van der Waals surface area (Å²) in [4.78, 5) is 15.8. The molecule has 1 heterocycles. The minimum Gasteiger partial charge on any atom is -0.478 e. The minimum atomic E-state index is -0.947. The maximum atomic E-state index is 11.4. The Morgan fingerprint density at radius 2 is 2.19 bits per heavy atom. The van der Waals surface area contributed by atoms with Crippen LogP contribution in [0.3, 0.4) is 0 Å². The smallest absolute Gasteiger partial charge is 0.339 e. The lowest BCUT2D eigenvalue weighted by atomic mass is 9.68. The number of carboxylic acids is 1. The summed E-state index contributed by atoms with van der Waals surface area (Å²) in [6, 6.07) is 1.87. The molecule has 2 fully saturated rings. The Hall–Kier alpha value is -1.10. The monoisotopic (exact) mass is 352 g/mol. The molecule has 2 aliphatic rings. The van der Waals surface area contributed by atoms with Gasteiger partial charge in [0.25, 0.3) is 0 Å². The molecule has 1 aromatic heterocycles. The van der Waals surface area contributed by atoms with E-state index in [0.717, 1.165) is 0 Å². The topological polar surface area (TPSA) is 62.2 Å². The Morgan fingerprint density at radius 3 is 2.76 bits per heavy atom. The first kappa shape index (κ1) is 14.8.